The summed E-state index contributed by atoms with van der Waals surface area (Å²) >= 11 is 0. The zero-order valence-electron chi connectivity index (χ0n) is 9.01. The number of nitrogens with zero attached hydrogens (tertiary/aromatic N) is 1. The highest BCUT2D eigenvalue weighted by atomic mass is 16.5. The van der Waals surface area contributed by atoms with E-state index in [0.29, 0.717) is 11.3 Å². The maximum absolute atomic E-state index is 11.5. The number of benzene rings is 1. The van der Waals surface area contributed by atoms with Gasteiger partial charge in [-0.15, -0.1) is 0 Å². The Labute approximate surface area is 98.5 Å². The first-order chi connectivity index (χ1) is 8.29. The van der Waals surface area contributed by atoms with Gasteiger partial charge in [-0.3, -0.25) is 0 Å². The molecule has 1 heterocycles. The summed E-state index contributed by atoms with van der Waals surface area (Å²) in [5.74, 6) is -0.405. The molecule has 84 valence electrons. The van der Waals surface area contributed by atoms with Crippen molar-refractivity contribution < 1.29 is 9.53 Å². The summed E-state index contributed by atoms with van der Waals surface area (Å²) < 4.78 is 5.09. The topological polar surface area (TPSA) is 65.9 Å². The molecule has 0 unspecified atom stereocenters. The fourth-order valence-corrected chi connectivity index (χ4v) is 1.41. The number of ether oxygens (including phenoxy) is 1. The Morgan fingerprint density at radius 1 is 1.35 bits per heavy atom. The van der Waals surface area contributed by atoms with Crippen molar-refractivity contribution in [1.29, 1.82) is 5.26 Å². The number of carbonyl (C=O) groups excluding carboxylic acids is 1. The number of carbonyl (C=O) groups is 1. The van der Waals surface area contributed by atoms with Gasteiger partial charge in [0.25, 0.3) is 0 Å². The highest BCUT2D eigenvalue weighted by molar-refractivity contribution is 5.87. The van der Waals surface area contributed by atoms with Gasteiger partial charge < -0.3 is 9.72 Å². The van der Waals surface area contributed by atoms with Crippen LogP contribution in [0.5, 0.6) is 0 Å². The van der Waals surface area contributed by atoms with Crippen molar-refractivity contribution >= 4 is 5.97 Å². The number of rotatable bonds is 3. The largest absolute Gasteiger partial charge is 0.456 e. The number of aromatic nitrogens is 1. The number of esters is 1. The van der Waals surface area contributed by atoms with E-state index in [1.807, 2.05) is 12.1 Å². The van der Waals surface area contributed by atoms with E-state index >= 15 is 0 Å². The zero-order chi connectivity index (χ0) is 12.1. The predicted molar refractivity (Wildman–Crippen MR) is 61.1 cm³/mol. The molecular weight excluding hydrogens is 216 g/mol. The molecular formula is C13H10N2O2. The lowest BCUT2D eigenvalue weighted by atomic mass is 10.1. The lowest BCUT2D eigenvalue weighted by Crippen LogP contribution is -2.05. The summed E-state index contributed by atoms with van der Waals surface area (Å²) in [5.41, 5.74) is 1.77. The molecule has 0 amide bonds. The Morgan fingerprint density at radius 3 is 2.94 bits per heavy atom. The third-order valence-corrected chi connectivity index (χ3v) is 2.24. The zero-order valence-corrected chi connectivity index (χ0v) is 9.01. The fraction of sp³-hybridized carbons (Fsp3) is 0.0769. The molecule has 0 aliphatic heterocycles. The van der Waals surface area contributed by atoms with Crippen molar-refractivity contribution in [2.75, 3.05) is 0 Å². The van der Waals surface area contributed by atoms with Gasteiger partial charge in [0.05, 0.1) is 11.6 Å². The van der Waals surface area contributed by atoms with Crippen LogP contribution >= 0.6 is 0 Å². The van der Waals surface area contributed by atoms with Crippen LogP contribution in [0.3, 0.4) is 0 Å². The van der Waals surface area contributed by atoms with E-state index in [1.165, 1.54) is 0 Å². The molecule has 17 heavy (non-hydrogen) atoms. The average Bonchev–Trinajstić information content (AvgIpc) is 2.90. The van der Waals surface area contributed by atoms with Gasteiger partial charge >= 0.3 is 5.97 Å². The standard InChI is InChI=1S/C13H10N2O2/c14-8-10-3-1-4-11(7-10)9-17-13(16)12-5-2-6-15-12/h1-7,15H,9H2. The Bertz CT molecular complexity index is 553. The molecule has 4 nitrogen and oxygen atoms in total. The van der Waals surface area contributed by atoms with E-state index in [2.05, 4.69) is 4.98 Å². The summed E-state index contributed by atoms with van der Waals surface area (Å²) in [7, 11) is 0. The molecule has 1 N–H and O–H groups in total. The van der Waals surface area contributed by atoms with Crippen LogP contribution in [-0.4, -0.2) is 11.0 Å². The molecule has 0 saturated heterocycles. The summed E-state index contributed by atoms with van der Waals surface area (Å²) in [4.78, 5) is 14.3. The Morgan fingerprint density at radius 2 is 2.24 bits per heavy atom. The van der Waals surface area contributed by atoms with Crippen LogP contribution in [0, 0.1) is 11.3 Å². The highest BCUT2D eigenvalue weighted by Gasteiger charge is 2.07. The first-order valence-corrected chi connectivity index (χ1v) is 5.09. The molecule has 0 aliphatic rings. The van der Waals surface area contributed by atoms with Gasteiger partial charge in [0.1, 0.15) is 12.3 Å². The van der Waals surface area contributed by atoms with Gasteiger partial charge in [-0.25, -0.2) is 4.79 Å². The van der Waals surface area contributed by atoms with Crippen LogP contribution in [0.1, 0.15) is 21.6 Å². The summed E-state index contributed by atoms with van der Waals surface area (Å²) in [6.07, 6.45) is 1.66. The minimum absolute atomic E-state index is 0.160. The maximum atomic E-state index is 11.5. The maximum Gasteiger partial charge on any atom is 0.355 e. The molecule has 0 radical (unpaired) electrons. The molecule has 0 bridgehead atoms. The van der Waals surface area contributed by atoms with E-state index in [-0.39, 0.29) is 6.61 Å². The van der Waals surface area contributed by atoms with Gasteiger partial charge in [-0.2, -0.15) is 5.26 Å². The number of nitrogens with one attached hydrogen (secondary N) is 1. The Balaban J connectivity index is 1.98. The quantitative estimate of drug-likeness (QED) is 0.816. The normalized spacial score (nSPS) is 9.59. The summed E-state index contributed by atoms with van der Waals surface area (Å²) in [6.45, 7) is 0.160. The van der Waals surface area contributed by atoms with E-state index < -0.39 is 5.97 Å². The van der Waals surface area contributed by atoms with Crippen molar-refractivity contribution in [1.82, 2.24) is 4.98 Å². The second-order valence-electron chi connectivity index (χ2n) is 3.47. The molecule has 0 fully saturated rings. The Hall–Kier alpha value is -2.54. The average molecular weight is 226 g/mol. The van der Waals surface area contributed by atoms with Crippen LogP contribution in [-0.2, 0) is 11.3 Å². The van der Waals surface area contributed by atoms with Crippen molar-refractivity contribution in [3.63, 3.8) is 0 Å². The molecule has 0 atom stereocenters. The number of H-pyrrole nitrogens is 1. The molecule has 0 aliphatic carbocycles. The van der Waals surface area contributed by atoms with Gasteiger partial charge in [-0.05, 0) is 29.8 Å². The van der Waals surface area contributed by atoms with Crippen LogP contribution in [0.2, 0.25) is 0 Å². The lowest BCUT2D eigenvalue weighted by Gasteiger charge is -2.03. The Kier molecular flexibility index (Phi) is 3.22. The van der Waals surface area contributed by atoms with E-state index in [0.717, 1.165) is 5.56 Å². The fourth-order valence-electron chi connectivity index (χ4n) is 1.41. The smallest absolute Gasteiger partial charge is 0.355 e. The molecule has 0 saturated carbocycles. The first-order valence-electron chi connectivity index (χ1n) is 5.09. The molecule has 1 aromatic carbocycles. The molecule has 2 aromatic rings. The monoisotopic (exact) mass is 226 g/mol. The molecule has 0 spiro atoms. The number of hydrogen-bond acceptors (Lipinski definition) is 3. The van der Waals surface area contributed by atoms with Crippen molar-refractivity contribution in [2.24, 2.45) is 0 Å². The second-order valence-corrected chi connectivity index (χ2v) is 3.47. The number of hydrogen-bond donors (Lipinski definition) is 1. The first kappa shape index (κ1) is 11.0. The van der Waals surface area contributed by atoms with Crippen molar-refractivity contribution in [2.45, 2.75) is 6.61 Å². The van der Waals surface area contributed by atoms with Gasteiger partial charge in [0, 0.05) is 6.20 Å². The van der Waals surface area contributed by atoms with Crippen LogP contribution in [0.4, 0.5) is 0 Å². The van der Waals surface area contributed by atoms with E-state index in [1.54, 1.807) is 36.5 Å². The van der Waals surface area contributed by atoms with Gasteiger partial charge in [-0.1, -0.05) is 12.1 Å². The minimum Gasteiger partial charge on any atom is -0.456 e. The summed E-state index contributed by atoms with van der Waals surface area (Å²) in [6, 6.07) is 12.4. The van der Waals surface area contributed by atoms with Crippen LogP contribution in [0.25, 0.3) is 0 Å². The van der Waals surface area contributed by atoms with Gasteiger partial charge in [0.15, 0.2) is 0 Å². The minimum atomic E-state index is -0.405. The van der Waals surface area contributed by atoms with Crippen molar-refractivity contribution in [3.05, 3.63) is 59.4 Å². The van der Waals surface area contributed by atoms with Gasteiger partial charge in [0.2, 0.25) is 0 Å². The highest BCUT2D eigenvalue weighted by Crippen LogP contribution is 2.07. The predicted octanol–water partition coefficient (Wildman–Crippen LogP) is 2.24. The third kappa shape index (κ3) is 2.73. The van der Waals surface area contributed by atoms with Crippen LogP contribution in [0.15, 0.2) is 42.6 Å². The molecule has 2 rings (SSSR count). The molecule has 4 heteroatoms. The summed E-state index contributed by atoms with van der Waals surface area (Å²) in [5, 5.41) is 8.73. The van der Waals surface area contributed by atoms with E-state index in [9.17, 15) is 4.79 Å². The number of nitriles is 1. The number of aromatic amines is 1. The SMILES string of the molecule is N#Cc1cccc(COC(=O)c2ccc[nH]2)c1. The lowest BCUT2D eigenvalue weighted by molar-refractivity contribution is 0.0466. The van der Waals surface area contributed by atoms with E-state index in [4.69, 9.17) is 10.00 Å². The second kappa shape index (κ2) is 4.99. The molecule has 1 aromatic heterocycles. The van der Waals surface area contributed by atoms with Crippen molar-refractivity contribution in [3.8, 4) is 6.07 Å². The third-order valence-electron chi connectivity index (χ3n) is 2.24. The van der Waals surface area contributed by atoms with Crippen LogP contribution < -0.4 is 0 Å².